The smallest absolute Gasteiger partial charge is 0.475 e. The number of hydrogen-bond acceptors (Lipinski definition) is 4. The van der Waals surface area contributed by atoms with Crippen LogP contribution < -0.4 is 5.73 Å². The first-order chi connectivity index (χ1) is 13.7. The molecule has 0 radical (unpaired) electrons. The number of carboxylic acids is 1. The van der Waals surface area contributed by atoms with Crippen LogP contribution in [-0.2, 0) is 16.9 Å². The van der Waals surface area contributed by atoms with Gasteiger partial charge in [-0.15, -0.1) is 0 Å². The first-order valence-electron chi connectivity index (χ1n) is 9.01. The molecule has 0 bridgehead atoms. The topological polar surface area (TPSA) is 101 Å². The van der Waals surface area contributed by atoms with E-state index >= 15 is 0 Å². The maximum absolute atomic E-state index is 14.2. The molecule has 0 aliphatic carbocycles. The van der Waals surface area contributed by atoms with Gasteiger partial charge in [0, 0.05) is 12.5 Å². The van der Waals surface area contributed by atoms with Crippen LogP contribution in [0, 0.1) is 11.6 Å². The Hall–Kier alpha value is -2.53. The van der Waals surface area contributed by atoms with Gasteiger partial charge in [0.15, 0.2) is 11.6 Å². The van der Waals surface area contributed by atoms with Crippen molar-refractivity contribution in [2.45, 2.75) is 57.0 Å². The lowest BCUT2D eigenvalue weighted by atomic mass is 9.92. The van der Waals surface area contributed by atoms with E-state index in [-0.39, 0.29) is 12.0 Å². The van der Waals surface area contributed by atoms with Crippen molar-refractivity contribution in [1.82, 2.24) is 9.55 Å². The van der Waals surface area contributed by atoms with E-state index in [1.807, 2.05) is 4.57 Å². The highest BCUT2D eigenvalue weighted by atomic mass is 19.4. The van der Waals surface area contributed by atoms with Crippen molar-refractivity contribution in [3.05, 3.63) is 53.1 Å². The van der Waals surface area contributed by atoms with E-state index in [0.717, 1.165) is 6.07 Å². The molecule has 1 aromatic carbocycles. The third-order valence-electron chi connectivity index (χ3n) is 4.74. The lowest BCUT2D eigenvalue weighted by molar-refractivity contribution is -0.192. The van der Waals surface area contributed by atoms with Crippen LogP contribution in [0.1, 0.15) is 55.7 Å². The highest BCUT2D eigenvalue weighted by Gasteiger charge is 2.38. The molecule has 3 rings (SSSR count). The zero-order valence-corrected chi connectivity index (χ0v) is 16.2. The number of hydrogen-bond donors (Lipinski definition) is 3. The fourth-order valence-corrected chi connectivity index (χ4v) is 3.28. The third kappa shape index (κ3) is 5.33. The summed E-state index contributed by atoms with van der Waals surface area (Å²) in [5.74, 6) is -3.94. The van der Waals surface area contributed by atoms with E-state index < -0.39 is 29.4 Å². The molecule has 30 heavy (non-hydrogen) atoms. The quantitative estimate of drug-likeness (QED) is 0.626. The van der Waals surface area contributed by atoms with Crippen molar-refractivity contribution >= 4 is 5.97 Å². The van der Waals surface area contributed by atoms with E-state index in [9.17, 15) is 27.1 Å². The maximum Gasteiger partial charge on any atom is 0.490 e. The zero-order valence-electron chi connectivity index (χ0n) is 16.2. The van der Waals surface area contributed by atoms with Crippen molar-refractivity contribution in [1.29, 1.82) is 0 Å². The Labute approximate surface area is 169 Å². The van der Waals surface area contributed by atoms with Gasteiger partial charge < -0.3 is 20.5 Å². The Morgan fingerprint density at radius 1 is 1.23 bits per heavy atom. The fourth-order valence-electron chi connectivity index (χ4n) is 3.28. The van der Waals surface area contributed by atoms with Crippen LogP contribution in [0.3, 0.4) is 0 Å². The minimum atomic E-state index is -5.08. The van der Waals surface area contributed by atoms with E-state index in [0.29, 0.717) is 36.5 Å². The van der Waals surface area contributed by atoms with Crippen LogP contribution in [0.5, 0.6) is 0 Å². The van der Waals surface area contributed by atoms with Gasteiger partial charge in [0.1, 0.15) is 11.4 Å². The molecule has 0 unspecified atom stereocenters. The van der Waals surface area contributed by atoms with Gasteiger partial charge in [-0.3, -0.25) is 0 Å². The van der Waals surface area contributed by atoms with Gasteiger partial charge >= 0.3 is 12.1 Å². The molecule has 1 aliphatic heterocycles. The van der Waals surface area contributed by atoms with E-state index in [1.54, 1.807) is 26.1 Å². The van der Waals surface area contributed by atoms with Gasteiger partial charge in [-0.05, 0) is 38.3 Å². The molecule has 4 N–H and O–H groups in total. The minimum Gasteiger partial charge on any atom is -0.475 e. The zero-order chi connectivity index (χ0) is 22.9. The molecule has 2 heterocycles. The number of fused-ring (bicyclic) bond motifs is 1. The summed E-state index contributed by atoms with van der Waals surface area (Å²) in [6.07, 6.45) is -2.21. The maximum atomic E-state index is 14.2. The van der Waals surface area contributed by atoms with Crippen LogP contribution in [0.15, 0.2) is 24.4 Å². The van der Waals surface area contributed by atoms with Crippen molar-refractivity contribution in [3.8, 4) is 0 Å². The Morgan fingerprint density at radius 2 is 1.83 bits per heavy atom. The summed E-state index contributed by atoms with van der Waals surface area (Å²) in [7, 11) is 0. The van der Waals surface area contributed by atoms with Gasteiger partial charge in [-0.1, -0.05) is 12.1 Å². The Morgan fingerprint density at radius 3 is 2.37 bits per heavy atom. The molecule has 11 heteroatoms. The number of halogens is 5. The Balaban J connectivity index is 0.000000396. The highest BCUT2D eigenvalue weighted by molar-refractivity contribution is 5.73. The normalized spacial score (nSPS) is 19.4. The lowest BCUT2D eigenvalue weighted by Crippen LogP contribution is -2.24. The van der Waals surface area contributed by atoms with Gasteiger partial charge in [0.2, 0.25) is 0 Å². The SMILES string of the molecule is CC(C)(O)c1cnc2n1C[C@H](c1cccc(F)c1F)CC[C@H]2N.O=C(O)C(F)(F)F. The number of aliphatic carboxylic acids is 1. The summed E-state index contributed by atoms with van der Waals surface area (Å²) in [5.41, 5.74) is 6.07. The molecule has 0 spiro atoms. The van der Waals surface area contributed by atoms with Gasteiger partial charge in [-0.25, -0.2) is 18.6 Å². The first kappa shape index (κ1) is 23.7. The van der Waals surface area contributed by atoms with E-state index in [1.165, 1.54) is 6.07 Å². The van der Waals surface area contributed by atoms with Gasteiger partial charge in [0.05, 0.1) is 17.9 Å². The molecule has 1 aliphatic rings. The van der Waals surface area contributed by atoms with Gasteiger partial charge in [-0.2, -0.15) is 13.2 Å². The lowest BCUT2D eigenvalue weighted by Gasteiger charge is -2.23. The second kappa shape index (κ2) is 8.68. The standard InChI is InChI=1S/C17H21F2N3O.C2HF3O2/c1-17(2,23)14-8-21-16-13(20)7-6-10(9-22(14)16)11-4-3-5-12(18)15(11)19;3-2(4,5)1(6)7/h3-5,8,10,13,23H,6-7,9,20H2,1-2H3;(H,6,7)/t10-,13-;/m1./s1. The van der Waals surface area contributed by atoms with Crippen LogP contribution in [0.2, 0.25) is 0 Å². The van der Waals surface area contributed by atoms with Crippen LogP contribution in [0.4, 0.5) is 22.0 Å². The van der Waals surface area contributed by atoms with Crippen LogP contribution >= 0.6 is 0 Å². The molecule has 2 aromatic rings. The second-order valence-electron chi connectivity index (χ2n) is 7.50. The molecule has 1 aromatic heterocycles. The summed E-state index contributed by atoms with van der Waals surface area (Å²) in [6.45, 7) is 3.76. The predicted molar refractivity (Wildman–Crippen MR) is 96.4 cm³/mol. The molecule has 166 valence electrons. The predicted octanol–water partition coefficient (Wildman–Crippen LogP) is 3.60. The third-order valence-corrected chi connectivity index (χ3v) is 4.74. The average Bonchev–Trinajstić information content (AvgIpc) is 2.98. The van der Waals surface area contributed by atoms with Crippen LogP contribution in [-0.4, -0.2) is 31.9 Å². The number of benzene rings is 1. The largest absolute Gasteiger partial charge is 0.490 e. The molecular weight excluding hydrogens is 413 g/mol. The van der Waals surface area contributed by atoms with Crippen molar-refractivity contribution < 1.29 is 37.0 Å². The second-order valence-corrected chi connectivity index (χ2v) is 7.50. The van der Waals surface area contributed by atoms with Crippen molar-refractivity contribution in [2.75, 3.05) is 0 Å². The summed E-state index contributed by atoms with van der Waals surface area (Å²) in [6, 6.07) is 3.96. The van der Waals surface area contributed by atoms with Crippen molar-refractivity contribution in [2.24, 2.45) is 5.73 Å². The summed E-state index contributed by atoms with van der Waals surface area (Å²) in [4.78, 5) is 13.2. The molecule has 0 amide bonds. The summed E-state index contributed by atoms with van der Waals surface area (Å²) < 4.78 is 61.3. The number of carbonyl (C=O) groups is 1. The number of nitrogens with two attached hydrogens (primary N) is 1. The van der Waals surface area contributed by atoms with Gasteiger partial charge in [0.25, 0.3) is 0 Å². The molecule has 0 fully saturated rings. The minimum absolute atomic E-state index is 0.215. The number of carboxylic acid groups (broad SMARTS) is 1. The van der Waals surface area contributed by atoms with Crippen LogP contribution in [0.25, 0.3) is 0 Å². The number of rotatable bonds is 2. The Bertz CT molecular complexity index is 906. The molecule has 6 nitrogen and oxygen atoms in total. The van der Waals surface area contributed by atoms with E-state index in [4.69, 9.17) is 15.6 Å². The monoisotopic (exact) mass is 435 g/mol. The highest BCUT2D eigenvalue weighted by Crippen LogP contribution is 2.35. The summed E-state index contributed by atoms with van der Waals surface area (Å²) in [5, 5.41) is 17.5. The molecule has 2 atom stereocenters. The van der Waals surface area contributed by atoms with Crippen molar-refractivity contribution in [3.63, 3.8) is 0 Å². The molecule has 0 saturated heterocycles. The first-order valence-corrected chi connectivity index (χ1v) is 9.01. The number of aromatic nitrogens is 2. The molecular formula is C19H22F5N3O3. The number of imidazole rings is 1. The van der Waals surface area contributed by atoms with E-state index in [2.05, 4.69) is 4.98 Å². The number of nitrogens with zero attached hydrogens (tertiary/aromatic N) is 2. The summed E-state index contributed by atoms with van der Waals surface area (Å²) >= 11 is 0. The fraction of sp³-hybridized carbons (Fsp3) is 0.474. The molecule has 0 saturated carbocycles. The number of alkyl halides is 3. The average molecular weight is 435 g/mol. The Kier molecular flexibility index (Phi) is 6.87. The number of aliphatic hydroxyl groups is 1.